The average molecular weight is 333 g/mol. The molecule has 2 N–H and O–H groups in total. The number of hydrogen-bond acceptors (Lipinski definition) is 4. The Morgan fingerprint density at radius 1 is 1.24 bits per heavy atom. The van der Waals surface area contributed by atoms with E-state index in [1.165, 1.54) is 5.56 Å². The van der Waals surface area contributed by atoms with Crippen molar-refractivity contribution in [3.8, 4) is 0 Å². The quantitative estimate of drug-likeness (QED) is 0.890. The van der Waals surface area contributed by atoms with Crippen molar-refractivity contribution in [1.29, 1.82) is 0 Å². The van der Waals surface area contributed by atoms with E-state index in [0.29, 0.717) is 12.5 Å². The van der Waals surface area contributed by atoms with E-state index in [0.717, 1.165) is 13.1 Å². The molecule has 1 aliphatic rings. The highest BCUT2D eigenvalue weighted by molar-refractivity contribution is 7.92. The van der Waals surface area contributed by atoms with E-state index in [2.05, 4.69) is 17.0 Å². The second kappa shape index (κ2) is 7.58. The Hall–Kier alpha value is -0.620. The van der Waals surface area contributed by atoms with Crippen molar-refractivity contribution in [2.45, 2.75) is 31.1 Å². The Balaban J connectivity index is 0.00000220. The number of sulfone groups is 1. The zero-order valence-corrected chi connectivity index (χ0v) is 14.2. The molecule has 4 nitrogen and oxygen atoms in total. The van der Waals surface area contributed by atoms with Gasteiger partial charge in [-0.15, -0.1) is 12.4 Å². The van der Waals surface area contributed by atoms with E-state index in [4.69, 9.17) is 5.73 Å². The van der Waals surface area contributed by atoms with Crippen molar-refractivity contribution in [1.82, 2.24) is 4.90 Å². The summed E-state index contributed by atoms with van der Waals surface area (Å²) in [5.74, 6) is 0.525. The van der Waals surface area contributed by atoms with Gasteiger partial charge < -0.3 is 10.6 Å². The lowest BCUT2D eigenvalue weighted by Crippen LogP contribution is -2.32. The van der Waals surface area contributed by atoms with Gasteiger partial charge in [-0.25, -0.2) is 8.42 Å². The van der Waals surface area contributed by atoms with Crippen molar-refractivity contribution in [3.63, 3.8) is 0 Å². The summed E-state index contributed by atoms with van der Waals surface area (Å²) < 4.78 is 23.7. The van der Waals surface area contributed by atoms with Gasteiger partial charge in [-0.2, -0.15) is 0 Å². The molecule has 0 unspecified atom stereocenters. The van der Waals surface area contributed by atoms with E-state index < -0.39 is 9.84 Å². The largest absolute Gasteiger partial charge is 0.326 e. The highest BCUT2D eigenvalue weighted by Crippen LogP contribution is 2.26. The number of likely N-dealkylation sites (tertiary alicyclic amines) is 1. The van der Waals surface area contributed by atoms with E-state index in [1.54, 1.807) is 13.8 Å². The Kier molecular flexibility index (Phi) is 6.66. The monoisotopic (exact) mass is 332 g/mol. The third-order valence-corrected chi connectivity index (χ3v) is 6.27. The molecule has 1 aromatic rings. The summed E-state index contributed by atoms with van der Waals surface area (Å²) >= 11 is 0. The van der Waals surface area contributed by atoms with Crippen LogP contribution in [0.1, 0.15) is 25.3 Å². The fourth-order valence-electron chi connectivity index (χ4n) is 2.64. The third kappa shape index (κ3) is 4.68. The highest BCUT2D eigenvalue weighted by atomic mass is 35.5. The third-order valence-electron chi connectivity index (χ3n) is 4.08. The minimum atomic E-state index is -2.97. The zero-order valence-electron chi connectivity index (χ0n) is 12.6. The number of rotatable bonds is 5. The Morgan fingerprint density at radius 2 is 1.86 bits per heavy atom. The minimum Gasteiger partial charge on any atom is -0.326 e. The molecule has 2 rings (SSSR count). The first kappa shape index (κ1) is 18.4. The maximum absolute atomic E-state index is 11.9. The molecule has 0 radical (unpaired) electrons. The average Bonchev–Trinajstić information content (AvgIpc) is 2.79. The summed E-state index contributed by atoms with van der Waals surface area (Å²) in [6.07, 6.45) is 0. The predicted molar refractivity (Wildman–Crippen MR) is 89.8 cm³/mol. The Morgan fingerprint density at radius 3 is 2.43 bits per heavy atom. The molecule has 1 aromatic carbocycles. The van der Waals surface area contributed by atoms with Crippen LogP contribution in [0.25, 0.3) is 0 Å². The van der Waals surface area contributed by atoms with Crippen LogP contribution < -0.4 is 5.73 Å². The number of benzene rings is 1. The molecule has 1 heterocycles. The van der Waals surface area contributed by atoms with Gasteiger partial charge in [0, 0.05) is 31.6 Å². The van der Waals surface area contributed by atoms with Crippen molar-refractivity contribution < 1.29 is 8.42 Å². The summed E-state index contributed by atoms with van der Waals surface area (Å²) in [6, 6.07) is 10.3. The van der Waals surface area contributed by atoms with Gasteiger partial charge in [0.2, 0.25) is 0 Å². The molecule has 2 atom stereocenters. The summed E-state index contributed by atoms with van der Waals surface area (Å²) in [4.78, 5) is 2.17. The second-order valence-corrected chi connectivity index (χ2v) is 8.53. The number of hydrogen-bond donors (Lipinski definition) is 1. The molecule has 0 aromatic heterocycles. The summed E-state index contributed by atoms with van der Waals surface area (Å²) in [5.41, 5.74) is 7.45. The fraction of sp³-hybridized carbons (Fsp3) is 0.600. The molecular weight excluding hydrogens is 308 g/mol. The molecule has 6 heteroatoms. The van der Waals surface area contributed by atoms with Crippen LogP contribution in [-0.2, 0) is 9.84 Å². The highest BCUT2D eigenvalue weighted by Gasteiger charge is 2.31. The van der Waals surface area contributed by atoms with Crippen LogP contribution in [0.2, 0.25) is 0 Å². The summed E-state index contributed by atoms with van der Waals surface area (Å²) in [6.45, 7) is 5.67. The van der Waals surface area contributed by atoms with Gasteiger partial charge in [0.15, 0.2) is 9.84 Å². The molecule has 0 bridgehead atoms. The standard InChI is InChI=1S/C15H24N2O2S.ClH/c1-12(2)20(18,19)9-8-17-10-14(15(16)11-17)13-6-4-3-5-7-13;/h3-7,12,14-15H,8-11,16H2,1-2H3;1H/t14-,15+;/m0./s1. The van der Waals surface area contributed by atoms with Crippen molar-refractivity contribution >= 4 is 22.2 Å². The van der Waals surface area contributed by atoms with Gasteiger partial charge >= 0.3 is 0 Å². The first-order valence-electron chi connectivity index (χ1n) is 7.14. The van der Waals surface area contributed by atoms with Crippen molar-refractivity contribution in [2.75, 3.05) is 25.4 Å². The Labute approximate surface area is 134 Å². The van der Waals surface area contributed by atoms with Crippen LogP contribution in [0.4, 0.5) is 0 Å². The molecule has 0 saturated carbocycles. The van der Waals surface area contributed by atoms with Crippen LogP contribution in [0.5, 0.6) is 0 Å². The van der Waals surface area contributed by atoms with E-state index in [9.17, 15) is 8.42 Å². The topological polar surface area (TPSA) is 63.4 Å². The Bertz CT molecular complexity index is 534. The SMILES string of the molecule is CC(C)S(=O)(=O)CCN1C[C@@H](N)[C@H](c2ccccc2)C1.Cl. The molecule has 1 aliphatic heterocycles. The van der Waals surface area contributed by atoms with E-state index >= 15 is 0 Å². The van der Waals surface area contributed by atoms with Crippen LogP contribution in [-0.4, -0.2) is 50.0 Å². The van der Waals surface area contributed by atoms with Crippen molar-refractivity contribution in [3.05, 3.63) is 35.9 Å². The van der Waals surface area contributed by atoms with Crippen LogP contribution >= 0.6 is 12.4 Å². The maximum Gasteiger partial charge on any atom is 0.153 e. The number of halogens is 1. The molecule has 0 spiro atoms. The second-order valence-electron chi connectivity index (χ2n) is 5.86. The van der Waals surface area contributed by atoms with Gasteiger partial charge in [-0.1, -0.05) is 30.3 Å². The lowest BCUT2D eigenvalue weighted by atomic mass is 9.95. The van der Waals surface area contributed by atoms with Crippen molar-refractivity contribution in [2.24, 2.45) is 5.73 Å². The molecule has 0 amide bonds. The first-order valence-corrected chi connectivity index (χ1v) is 8.86. The molecule has 1 fully saturated rings. The molecular formula is C15H25ClN2O2S. The van der Waals surface area contributed by atoms with Gasteiger partial charge in [0.05, 0.1) is 11.0 Å². The van der Waals surface area contributed by atoms with E-state index in [1.807, 2.05) is 18.2 Å². The van der Waals surface area contributed by atoms with Gasteiger partial charge in [0.25, 0.3) is 0 Å². The minimum absolute atomic E-state index is 0. The molecule has 0 aliphatic carbocycles. The number of nitrogens with two attached hydrogens (primary N) is 1. The van der Waals surface area contributed by atoms with E-state index in [-0.39, 0.29) is 29.5 Å². The van der Waals surface area contributed by atoms with Crippen LogP contribution in [0.15, 0.2) is 30.3 Å². The molecule has 21 heavy (non-hydrogen) atoms. The smallest absolute Gasteiger partial charge is 0.153 e. The normalized spacial score (nSPS) is 23.2. The number of nitrogens with zero attached hydrogens (tertiary/aromatic N) is 1. The maximum atomic E-state index is 11.9. The summed E-state index contributed by atoms with van der Waals surface area (Å²) in [7, 11) is -2.97. The lowest BCUT2D eigenvalue weighted by Gasteiger charge is -2.17. The lowest BCUT2D eigenvalue weighted by molar-refractivity contribution is 0.350. The predicted octanol–water partition coefficient (Wildman–Crippen LogP) is 1.66. The van der Waals surface area contributed by atoms with Gasteiger partial charge in [-0.3, -0.25) is 0 Å². The first-order chi connectivity index (χ1) is 9.40. The van der Waals surface area contributed by atoms with Gasteiger partial charge in [0.1, 0.15) is 0 Å². The fourth-order valence-corrected chi connectivity index (χ4v) is 3.63. The summed E-state index contributed by atoms with van der Waals surface area (Å²) in [5, 5.41) is -0.302. The van der Waals surface area contributed by atoms with Crippen LogP contribution in [0, 0.1) is 0 Å². The van der Waals surface area contributed by atoms with Crippen LogP contribution in [0.3, 0.4) is 0 Å². The van der Waals surface area contributed by atoms with Gasteiger partial charge in [-0.05, 0) is 19.4 Å². The zero-order chi connectivity index (χ0) is 14.8. The molecule has 1 saturated heterocycles. The molecule has 120 valence electrons.